The molecule has 1 heterocycles. The minimum absolute atomic E-state index is 0.241. The van der Waals surface area contributed by atoms with Crippen LogP contribution in [0.3, 0.4) is 0 Å². The lowest BCUT2D eigenvalue weighted by Gasteiger charge is -2.18. The maximum absolute atomic E-state index is 12.3. The number of esters is 1. The van der Waals surface area contributed by atoms with Crippen molar-refractivity contribution in [2.45, 2.75) is 52.4 Å². The van der Waals surface area contributed by atoms with Gasteiger partial charge in [0.05, 0.1) is 11.6 Å². The molecule has 0 aliphatic heterocycles. The summed E-state index contributed by atoms with van der Waals surface area (Å²) in [4.78, 5) is 28.3. The average Bonchev–Trinajstić information content (AvgIpc) is 3.49. The topological polar surface area (TPSA) is 97.8 Å². The first-order chi connectivity index (χ1) is 16.4. The van der Waals surface area contributed by atoms with Crippen LogP contribution in [0.15, 0.2) is 35.8 Å². The van der Waals surface area contributed by atoms with Crippen LogP contribution in [0.1, 0.15) is 47.0 Å². The summed E-state index contributed by atoms with van der Waals surface area (Å²) in [6.45, 7) is 3.90. The van der Waals surface area contributed by atoms with Gasteiger partial charge in [0, 0.05) is 29.2 Å². The molecule has 3 aromatic rings. The Labute approximate surface area is 202 Å². The van der Waals surface area contributed by atoms with Crippen molar-refractivity contribution < 1.29 is 24.2 Å². The molecule has 0 fully saturated rings. The van der Waals surface area contributed by atoms with Crippen LogP contribution in [0.4, 0.5) is 5.69 Å². The molecule has 0 radical (unpaired) electrons. The van der Waals surface area contributed by atoms with Gasteiger partial charge in [0.25, 0.3) is 0 Å². The number of carbonyl (C=O) groups excluding carboxylic acids is 2. The van der Waals surface area contributed by atoms with Gasteiger partial charge in [-0.25, -0.2) is 4.98 Å². The number of nitrogens with zero attached hydrogens (tertiary/aromatic N) is 1. The zero-order valence-corrected chi connectivity index (χ0v) is 20.2. The van der Waals surface area contributed by atoms with Crippen molar-refractivity contribution in [3.05, 3.63) is 63.1 Å². The number of amides is 1. The number of anilines is 1. The van der Waals surface area contributed by atoms with Crippen LogP contribution in [0.5, 0.6) is 17.2 Å². The monoisotopic (exact) mass is 480 g/mol. The molecule has 1 aliphatic rings. The zero-order valence-electron chi connectivity index (χ0n) is 19.3. The molecule has 1 aliphatic carbocycles. The van der Waals surface area contributed by atoms with Crippen LogP contribution in [0, 0.1) is 6.92 Å². The zero-order chi connectivity index (χ0) is 24.1. The highest BCUT2D eigenvalue weighted by Crippen LogP contribution is 2.41. The Balaban J connectivity index is 1.53. The molecule has 0 atom stereocenters. The number of aromatic nitrogens is 1. The minimum atomic E-state index is -0.536. The van der Waals surface area contributed by atoms with E-state index in [1.54, 1.807) is 36.6 Å². The number of hydrogen-bond acceptors (Lipinski definition) is 7. The molecule has 34 heavy (non-hydrogen) atoms. The van der Waals surface area contributed by atoms with Crippen LogP contribution in [-0.2, 0) is 40.0 Å². The summed E-state index contributed by atoms with van der Waals surface area (Å²) < 4.78 is 11.2. The fourth-order valence-corrected chi connectivity index (χ4v) is 4.87. The number of ether oxygens (including phenoxy) is 2. The van der Waals surface area contributed by atoms with Gasteiger partial charge in [-0.05, 0) is 80.5 Å². The van der Waals surface area contributed by atoms with Crippen molar-refractivity contribution in [1.82, 2.24) is 4.98 Å². The molecular formula is C26H28N2O5S. The van der Waals surface area contributed by atoms with Crippen LogP contribution in [0.25, 0.3) is 0 Å². The maximum Gasteiger partial charge on any atom is 0.315 e. The normalized spacial score (nSPS) is 12.3. The Morgan fingerprint density at radius 1 is 1.18 bits per heavy atom. The molecule has 1 aromatic heterocycles. The molecule has 2 N–H and O–H groups in total. The molecule has 1 amide bonds. The molecular weight excluding hydrogens is 452 g/mol. The standard InChI is InChI=1S/C26H28N2O5S/c1-3-32-25(31)15-23(30)28-21-13-16(2)26(20-6-4-5-19(20)21)33-18-8-9-22(29)17(14-18)7-10-24-27-11-12-34-24/h8-9,11-14,29H,3-7,10,15H2,1-2H3,(H,28,30). The van der Waals surface area contributed by atoms with Gasteiger partial charge in [-0.15, -0.1) is 11.3 Å². The van der Waals surface area contributed by atoms with Crippen molar-refractivity contribution in [3.63, 3.8) is 0 Å². The number of carbonyl (C=O) groups is 2. The molecule has 2 aromatic carbocycles. The first-order valence-corrected chi connectivity index (χ1v) is 12.3. The molecule has 178 valence electrons. The maximum atomic E-state index is 12.3. The minimum Gasteiger partial charge on any atom is -0.508 e. The number of benzene rings is 2. The Hall–Kier alpha value is -3.39. The first-order valence-electron chi connectivity index (χ1n) is 11.4. The van der Waals surface area contributed by atoms with Gasteiger partial charge in [-0.3, -0.25) is 9.59 Å². The highest BCUT2D eigenvalue weighted by Gasteiger charge is 2.24. The summed E-state index contributed by atoms with van der Waals surface area (Å²) in [7, 11) is 0. The fourth-order valence-electron chi connectivity index (χ4n) is 4.25. The number of phenolic OH excluding ortho intramolecular Hbond substituents is 1. The van der Waals surface area contributed by atoms with E-state index < -0.39 is 5.97 Å². The first kappa shape index (κ1) is 23.8. The van der Waals surface area contributed by atoms with E-state index in [0.717, 1.165) is 64.4 Å². The summed E-state index contributed by atoms with van der Waals surface area (Å²) >= 11 is 1.60. The van der Waals surface area contributed by atoms with E-state index in [0.29, 0.717) is 12.2 Å². The van der Waals surface area contributed by atoms with Gasteiger partial charge in [0.2, 0.25) is 5.91 Å². The molecule has 0 saturated heterocycles. The number of phenols is 1. The SMILES string of the molecule is CCOC(=O)CC(=O)Nc1cc(C)c(Oc2ccc(O)c(CCc3nccs3)c2)c2c1CCC2. The van der Waals surface area contributed by atoms with E-state index in [1.807, 2.05) is 24.4 Å². The number of fused-ring (bicyclic) bond motifs is 1. The summed E-state index contributed by atoms with van der Waals surface area (Å²) in [5.41, 5.74) is 4.54. The van der Waals surface area contributed by atoms with Gasteiger partial charge in [0.1, 0.15) is 23.7 Å². The van der Waals surface area contributed by atoms with E-state index in [-0.39, 0.29) is 24.7 Å². The van der Waals surface area contributed by atoms with Crippen molar-refractivity contribution in [2.75, 3.05) is 11.9 Å². The van der Waals surface area contributed by atoms with Crippen molar-refractivity contribution in [3.8, 4) is 17.2 Å². The number of hydrogen-bond donors (Lipinski definition) is 2. The number of aryl methyl sites for hydroxylation is 3. The smallest absolute Gasteiger partial charge is 0.315 e. The van der Waals surface area contributed by atoms with Crippen LogP contribution >= 0.6 is 11.3 Å². The third-order valence-corrected chi connectivity index (χ3v) is 6.62. The molecule has 0 spiro atoms. The molecule has 0 bridgehead atoms. The predicted molar refractivity (Wildman–Crippen MR) is 131 cm³/mol. The van der Waals surface area contributed by atoms with Crippen LogP contribution in [0.2, 0.25) is 0 Å². The van der Waals surface area contributed by atoms with Crippen molar-refractivity contribution >= 4 is 28.9 Å². The Morgan fingerprint density at radius 3 is 2.76 bits per heavy atom. The Kier molecular flexibility index (Phi) is 7.47. The number of nitrogens with one attached hydrogen (secondary N) is 1. The Bertz CT molecular complexity index is 1190. The predicted octanol–water partition coefficient (Wildman–Crippen LogP) is 5.12. The molecule has 7 nitrogen and oxygen atoms in total. The second-order valence-corrected chi connectivity index (χ2v) is 9.21. The Morgan fingerprint density at radius 2 is 2.00 bits per heavy atom. The summed E-state index contributed by atoms with van der Waals surface area (Å²) in [5.74, 6) is 0.761. The van der Waals surface area contributed by atoms with Gasteiger partial charge in [-0.1, -0.05) is 0 Å². The van der Waals surface area contributed by atoms with E-state index in [9.17, 15) is 14.7 Å². The third-order valence-electron chi connectivity index (χ3n) is 5.78. The second kappa shape index (κ2) is 10.7. The van der Waals surface area contributed by atoms with Gasteiger partial charge < -0.3 is 19.9 Å². The highest BCUT2D eigenvalue weighted by atomic mass is 32.1. The van der Waals surface area contributed by atoms with Crippen LogP contribution < -0.4 is 10.1 Å². The lowest BCUT2D eigenvalue weighted by Crippen LogP contribution is -2.19. The lowest BCUT2D eigenvalue weighted by atomic mass is 10.0. The van der Waals surface area contributed by atoms with Crippen molar-refractivity contribution in [2.24, 2.45) is 0 Å². The summed E-state index contributed by atoms with van der Waals surface area (Å²) in [6, 6.07) is 7.19. The average molecular weight is 481 g/mol. The van der Waals surface area contributed by atoms with Gasteiger partial charge >= 0.3 is 5.97 Å². The number of thiazole rings is 1. The molecule has 4 rings (SSSR count). The lowest BCUT2D eigenvalue weighted by molar-refractivity contribution is -0.145. The largest absolute Gasteiger partial charge is 0.508 e. The fraction of sp³-hybridized carbons (Fsp3) is 0.346. The van der Waals surface area contributed by atoms with E-state index in [1.165, 1.54) is 0 Å². The molecule has 0 saturated carbocycles. The van der Waals surface area contributed by atoms with Crippen LogP contribution in [-0.4, -0.2) is 28.6 Å². The number of aromatic hydroxyl groups is 1. The highest BCUT2D eigenvalue weighted by molar-refractivity contribution is 7.09. The third kappa shape index (κ3) is 5.56. The quantitative estimate of drug-likeness (QED) is 0.326. The van der Waals surface area contributed by atoms with E-state index in [4.69, 9.17) is 9.47 Å². The second-order valence-electron chi connectivity index (χ2n) is 8.23. The van der Waals surface area contributed by atoms with E-state index >= 15 is 0 Å². The number of rotatable bonds is 9. The summed E-state index contributed by atoms with van der Waals surface area (Å²) in [5, 5.41) is 16.2. The molecule has 0 unspecified atom stereocenters. The van der Waals surface area contributed by atoms with Gasteiger partial charge in [-0.2, -0.15) is 0 Å². The summed E-state index contributed by atoms with van der Waals surface area (Å²) in [6.07, 6.45) is 5.54. The van der Waals surface area contributed by atoms with E-state index in [2.05, 4.69) is 10.3 Å². The molecule has 8 heteroatoms. The van der Waals surface area contributed by atoms with Gasteiger partial charge in [0.15, 0.2) is 0 Å². The van der Waals surface area contributed by atoms with Crippen molar-refractivity contribution in [1.29, 1.82) is 0 Å².